The number of halogens is 3. The van der Waals surface area contributed by atoms with Crippen LogP contribution < -0.4 is 10.5 Å². The van der Waals surface area contributed by atoms with Crippen molar-refractivity contribution in [3.63, 3.8) is 0 Å². The van der Waals surface area contributed by atoms with E-state index in [4.69, 9.17) is 5.73 Å². The molecule has 0 saturated carbocycles. The Morgan fingerprint density at radius 1 is 1.28 bits per heavy atom. The van der Waals surface area contributed by atoms with Gasteiger partial charge in [-0.2, -0.15) is 0 Å². The van der Waals surface area contributed by atoms with Crippen LogP contribution in [0.25, 0.3) is 0 Å². The third-order valence-electron chi connectivity index (χ3n) is 2.26. The normalized spacial score (nSPS) is 15.2. The summed E-state index contributed by atoms with van der Waals surface area (Å²) in [4.78, 5) is 0. The Hall–Kier alpha value is -1.31. The molecule has 2 unspecified atom stereocenters. The number of ether oxygens (including phenoxy) is 1. The molecule has 1 rings (SSSR count). The van der Waals surface area contributed by atoms with Gasteiger partial charge in [0.15, 0.2) is 0 Å². The molecule has 2 atom stereocenters. The molecule has 0 aromatic heterocycles. The zero-order valence-electron chi connectivity index (χ0n) is 9.39. The van der Waals surface area contributed by atoms with Gasteiger partial charge in [0, 0.05) is 0 Å². The molecule has 0 saturated heterocycles. The molecule has 0 bridgehead atoms. The van der Waals surface area contributed by atoms with Gasteiger partial charge < -0.3 is 20.7 Å². The van der Waals surface area contributed by atoms with Crippen LogP contribution in [0.5, 0.6) is 5.75 Å². The lowest BCUT2D eigenvalue weighted by molar-refractivity contribution is -0.274. The zero-order chi connectivity index (χ0) is 13.8. The van der Waals surface area contributed by atoms with Crippen LogP contribution in [0, 0.1) is 0 Å². The van der Waals surface area contributed by atoms with E-state index in [2.05, 4.69) is 4.74 Å². The maximum Gasteiger partial charge on any atom is 0.573 e. The fraction of sp³-hybridized carbons (Fsp3) is 0.455. The van der Waals surface area contributed by atoms with E-state index in [1.165, 1.54) is 12.1 Å². The molecule has 0 aliphatic rings. The highest BCUT2D eigenvalue weighted by Gasteiger charge is 2.31. The van der Waals surface area contributed by atoms with Crippen LogP contribution in [0.2, 0.25) is 0 Å². The summed E-state index contributed by atoms with van der Waals surface area (Å²) in [6, 6.07) is 4.83. The van der Waals surface area contributed by atoms with Crippen LogP contribution in [0.1, 0.15) is 18.1 Å². The third-order valence-corrected chi connectivity index (χ3v) is 2.26. The van der Waals surface area contributed by atoms with E-state index in [-0.39, 0.29) is 18.5 Å². The lowest BCUT2D eigenvalue weighted by Gasteiger charge is -2.18. The molecule has 1 aromatic rings. The van der Waals surface area contributed by atoms with Gasteiger partial charge in [0.2, 0.25) is 0 Å². The van der Waals surface area contributed by atoms with E-state index in [0.29, 0.717) is 0 Å². The van der Waals surface area contributed by atoms with Crippen LogP contribution in [0.15, 0.2) is 24.3 Å². The molecular weight excluding hydrogens is 251 g/mol. The van der Waals surface area contributed by atoms with Gasteiger partial charge in [0.25, 0.3) is 0 Å². The van der Waals surface area contributed by atoms with E-state index < -0.39 is 24.3 Å². The van der Waals surface area contributed by atoms with E-state index in [0.717, 1.165) is 12.1 Å². The van der Waals surface area contributed by atoms with Gasteiger partial charge in [-0.3, -0.25) is 0 Å². The maximum absolute atomic E-state index is 12.0. The summed E-state index contributed by atoms with van der Waals surface area (Å²) in [6.07, 6.45) is -7.08. The molecule has 4 nitrogen and oxygen atoms in total. The average molecular weight is 265 g/mol. The molecule has 0 aliphatic carbocycles. The Morgan fingerprint density at radius 3 is 2.50 bits per heavy atom. The van der Waals surface area contributed by atoms with Crippen molar-refractivity contribution in [1.82, 2.24) is 0 Å². The second-order valence-electron chi connectivity index (χ2n) is 3.71. The number of aliphatic hydroxyl groups is 2. The quantitative estimate of drug-likeness (QED) is 0.750. The van der Waals surface area contributed by atoms with Crippen molar-refractivity contribution in [3.05, 3.63) is 29.8 Å². The van der Waals surface area contributed by atoms with Gasteiger partial charge in [-0.15, -0.1) is 13.2 Å². The summed E-state index contributed by atoms with van der Waals surface area (Å²) in [7, 11) is 0. The molecule has 0 heterocycles. The largest absolute Gasteiger partial charge is 0.573 e. The SMILES string of the molecule is NCCC(O)C(O)c1cccc(OC(F)(F)F)c1. The first kappa shape index (κ1) is 14.7. The number of hydrogen-bond acceptors (Lipinski definition) is 4. The molecule has 18 heavy (non-hydrogen) atoms. The molecule has 4 N–H and O–H groups in total. The highest BCUT2D eigenvalue weighted by molar-refractivity contribution is 5.30. The van der Waals surface area contributed by atoms with Crippen LogP contribution in [-0.4, -0.2) is 29.2 Å². The second-order valence-corrected chi connectivity index (χ2v) is 3.71. The topological polar surface area (TPSA) is 75.7 Å². The summed E-state index contributed by atoms with van der Waals surface area (Å²) in [5.41, 5.74) is 5.35. The predicted molar refractivity (Wildman–Crippen MR) is 57.8 cm³/mol. The lowest BCUT2D eigenvalue weighted by atomic mass is 10.0. The molecule has 0 aliphatic heterocycles. The Kier molecular flexibility index (Phi) is 4.94. The number of aliphatic hydroxyl groups excluding tert-OH is 2. The van der Waals surface area contributed by atoms with Crippen molar-refractivity contribution in [2.24, 2.45) is 5.73 Å². The summed E-state index contributed by atoms with van der Waals surface area (Å²) in [6.45, 7) is 0.164. The van der Waals surface area contributed by atoms with Crippen molar-refractivity contribution in [1.29, 1.82) is 0 Å². The van der Waals surface area contributed by atoms with Crippen LogP contribution in [-0.2, 0) is 0 Å². The van der Waals surface area contributed by atoms with E-state index in [1.54, 1.807) is 0 Å². The van der Waals surface area contributed by atoms with Gasteiger partial charge in [-0.25, -0.2) is 0 Å². The lowest BCUT2D eigenvalue weighted by Crippen LogP contribution is -2.22. The van der Waals surface area contributed by atoms with E-state index in [1.807, 2.05) is 0 Å². The monoisotopic (exact) mass is 265 g/mol. The Bertz CT molecular complexity index is 384. The molecule has 0 radical (unpaired) electrons. The van der Waals surface area contributed by atoms with Gasteiger partial charge in [0.1, 0.15) is 11.9 Å². The predicted octanol–water partition coefficient (Wildman–Crippen LogP) is 1.33. The Labute approximate surface area is 102 Å². The molecule has 0 amide bonds. The number of rotatable bonds is 5. The van der Waals surface area contributed by atoms with Crippen molar-refractivity contribution in [2.45, 2.75) is 25.0 Å². The first-order chi connectivity index (χ1) is 8.33. The van der Waals surface area contributed by atoms with Crippen LogP contribution in [0.3, 0.4) is 0 Å². The minimum absolute atomic E-state index is 0.137. The number of benzene rings is 1. The van der Waals surface area contributed by atoms with Gasteiger partial charge in [-0.1, -0.05) is 12.1 Å². The molecule has 7 heteroatoms. The van der Waals surface area contributed by atoms with Gasteiger partial charge in [0.05, 0.1) is 6.10 Å². The summed E-state index contributed by atoms with van der Waals surface area (Å²) < 4.78 is 39.7. The molecule has 102 valence electrons. The third kappa shape index (κ3) is 4.52. The van der Waals surface area contributed by atoms with Gasteiger partial charge >= 0.3 is 6.36 Å². The highest BCUT2D eigenvalue weighted by Crippen LogP contribution is 2.27. The summed E-state index contributed by atoms with van der Waals surface area (Å²) in [5, 5.41) is 19.2. The van der Waals surface area contributed by atoms with Crippen molar-refractivity contribution in [2.75, 3.05) is 6.54 Å². The first-order valence-corrected chi connectivity index (χ1v) is 5.25. The van der Waals surface area contributed by atoms with Crippen LogP contribution in [0.4, 0.5) is 13.2 Å². The van der Waals surface area contributed by atoms with Gasteiger partial charge in [-0.05, 0) is 30.7 Å². The number of hydrogen-bond donors (Lipinski definition) is 3. The van der Waals surface area contributed by atoms with E-state index in [9.17, 15) is 23.4 Å². The molecule has 1 aromatic carbocycles. The number of alkyl halides is 3. The van der Waals surface area contributed by atoms with Crippen molar-refractivity contribution < 1.29 is 28.1 Å². The molecule has 0 fully saturated rings. The minimum atomic E-state index is -4.79. The molecule has 0 spiro atoms. The second kappa shape index (κ2) is 6.03. The first-order valence-electron chi connectivity index (χ1n) is 5.25. The average Bonchev–Trinajstić information content (AvgIpc) is 2.26. The zero-order valence-corrected chi connectivity index (χ0v) is 9.39. The number of nitrogens with two attached hydrogens (primary N) is 1. The molecular formula is C11H14F3NO3. The summed E-state index contributed by atoms with van der Waals surface area (Å²) in [5.74, 6) is -0.445. The Morgan fingerprint density at radius 2 is 1.94 bits per heavy atom. The van der Waals surface area contributed by atoms with Crippen molar-refractivity contribution in [3.8, 4) is 5.75 Å². The van der Waals surface area contributed by atoms with Crippen molar-refractivity contribution >= 4 is 0 Å². The Balaban J connectivity index is 2.81. The highest BCUT2D eigenvalue weighted by atomic mass is 19.4. The summed E-state index contributed by atoms with van der Waals surface area (Å²) >= 11 is 0. The van der Waals surface area contributed by atoms with E-state index >= 15 is 0 Å². The smallest absolute Gasteiger partial charge is 0.406 e. The standard InChI is InChI=1S/C11H14F3NO3/c12-11(13,14)18-8-3-1-2-7(6-8)10(17)9(16)4-5-15/h1-3,6,9-10,16-17H,4-5,15H2. The fourth-order valence-corrected chi connectivity index (χ4v) is 1.45. The van der Waals surface area contributed by atoms with Crippen LogP contribution >= 0.6 is 0 Å². The fourth-order valence-electron chi connectivity index (χ4n) is 1.45. The minimum Gasteiger partial charge on any atom is -0.406 e. The maximum atomic E-state index is 12.0.